The van der Waals surface area contributed by atoms with Gasteiger partial charge in [-0.2, -0.15) is 0 Å². The molecule has 2 aromatic rings. The Bertz CT molecular complexity index is 626. The molecule has 3 rings (SSSR count). The predicted octanol–water partition coefficient (Wildman–Crippen LogP) is 2.91. The van der Waals surface area contributed by atoms with Crippen LogP contribution in [0.3, 0.4) is 0 Å². The van der Waals surface area contributed by atoms with Crippen molar-refractivity contribution in [3.63, 3.8) is 0 Å². The van der Waals surface area contributed by atoms with Crippen LogP contribution in [0.25, 0.3) is 10.8 Å². The minimum atomic E-state index is 0.132. The molecule has 1 aliphatic rings. The van der Waals surface area contributed by atoms with E-state index < -0.39 is 0 Å². The molecule has 0 aliphatic carbocycles. The standard InChI is InChI=1S/C14H12N2O/c1-10(17)8-16-9-15-12-6-2-4-11-5-3-7-13(16)14(11)12/h2-7,9H,8H2,1H3. The summed E-state index contributed by atoms with van der Waals surface area (Å²) in [5, 5.41) is 2.28. The lowest BCUT2D eigenvalue weighted by Gasteiger charge is -2.24. The van der Waals surface area contributed by atoms with Crippen LogP contribution in [0.1, 0.15) is 6.92 Å². The Balaban J connectivity index is 2.23. The molecule has 3 heteroatoms. The number of anilines is 1. The molecule has 0 aromatic heterocycles. The average Bonchev–Trinajstić information content (AvgIpc) is 2.33. The fourth-order valence-corrected chi connectivity index (χ4v) is 2.21. The molecule has 0 N–H and O–H groups in total. The van der Waals surface area contributed by atoms with Crippen molar-refractivity contribution in [2.24, 2.45) is 4.99 Å². The first-order valence-corrected chi connectivity index (χ1v) is 5.58. The molecule has 3 nitrogen and oxygen atoms in total. The number of hydrogen-bond acceptors (Lipinski definition) is 3. The lowest BCUT2D eigenvalue weighted by molar-refractivity contribution is -0.115. The van der Waals surface area contributed by atoms with Gasteiger partial charge >= 0.3 is 0 Å². The molecule has 0 radical (unpaired) electrons. The summed E-state index contributed by atoms with van der Waals surface area (Å²) in [6, 6.07) is 12.2. The molecule has 0 spiro atoms. The van der Waals surface area contributed by atoms with E-state index >= 15 is 0 Å². The highest BCUT2D eigenvalue weighted by molar-refractivity contribution is 6.10. The van der Waals surface area contributed by atoms with Gasteiger partial charge in [-0.15, -0.1) is 0 Å². The Kier molecular flexibility index (Phi) is 2.18. The first-order chi connectivity index (χ1) is 8.25. The molecule has 1 heterocycles. The number of nitrogens with zero attached hydrogens (tertiary/aromatic N) is 2. The van der Waals surface area contributed by atoms with Crippen molar-refractivity contribution in [1.82, 2.24) is 0 Å². The quantitative estimate of drug-likeness (QED) is 0.785. The maximum Gasteiger partial charge on any atom is 0.149 e. The van der Waals surface area contributed by atoms with E-state index in [1.54, 1.807) is 13.3 Å². The smallest absolute Gasteiger partial charge is 0.149 e. The van der Waals surface area contributed by atoms with Crippen molar-refractivity contribution >= 4 is 34.3 Å². The van der Waals surface area contributed by atoms with Crippen LogP contribution in [0.4, 0.5) is 11.4 Å². The summed E-state index contributed by atoms with van der Waals surface area (Å²) in [5.41, 5.74) is 2.03. The van der Waals surface area contributed by atoms with Gasteiger partial charge in [-0.25, -0.2) is 4.99 Å². The van der Waals surface area contributed by atoms with E-state index in [1.165, 1.54) is 0 Å². The first-order valence-electron chi connectivity index (χ1n) is 5.58. The number of carbonyl (C=O) groups is 1. The van der Waals surface area contributed by atoms with Gasteiger partial charge < -0.3 is 4.90 Å². The highest BCUT2D eigenvalue weighted by Gasteiger charge is 2.16. The first kappa shape index (κ1) is 10.0. The zero-order valence-corrected chi connectivity index (χ0v) is 9.55. The molecule has 0 amide bonds. The van der Waals surface area contributed by atoms with Crippen molar-refractivity contribution in [3.05, 3.63) is 36.4 Å². The Morgan fingerprint density at radius 3 is 2.76 bits per heavy atom. The minimum Gasteiger partial charge on any atom is -0.324 e. The number of carbonyl (C=O) groups excluding carboxylic acids is 1. The van der Waals surface area contributed by atoms with Gasteiger partial charge in [0.1, 0.15) is 5.78 Å². The van der Waals surface area contributed by atoms with E-state index in [0.717, 1.165) is 22.1 Å². The van der Waals surface area contributed by atoms with Gasteiger partial charge in [0.15, 0.2) is 0 Å². The molecular weight excluding hydrogens is 212 g/mol. The topological polar surface area (TPSA) is 32.7 Å². The van der Waals surface area contributed by atoms with Crippen LogP contribution >= 0.6 is 0 Å². The third-order valence-electron chi connectivity index (χ3n) is 2.90. The molecule has 0 unspecified atom stereocenters. The second kappa shape index (κ2) is 3.70. The summed E-state index contributed by atoms with van der Waals surface area (Å²) in [6.45, 7) is 1.96. The van der Waals surface area contributed by atoms with E-state index in [-0.39, 0.29) is 5.78 Å². The summed E-state index contributed by atoms with van der Waals surface area (Å²) in [6.07, 6.45) is 1.73. The Labute approximate surface area is 99.4 Å². The molecule has 0 bridgehead atoms. The maximum absolute atomic E-state index is 11.2. The molecule has 17 heavy (non-hydrogen) atoms. The van der Waals surface area contributed by atoms with Crippen molar-refractivity contribution in [3.8, 4) is 0 Å². The zero-order chi connectivity index (χ0) is 11.8. The van der Waals surface area contributed by atoms with Crippen molar-refractivity contribution < 1.29 is 4.79 Å². The molecule has 0 fully saturated rings. The third-order valence-corrected chi connectivity index (χ3v) is 2.90. The molecule has 0 saturated heterocycles. The minimum absolute atomic E-state index is 0.132. The number of Topliss-reactive ketones (excluding diaryl/α,β-unsaturated/α-hetero) is 1. The lowest BCUT2D eigenvalue weighted by atomic mass is 10.1. The molecule has 0 atom stereocenters. The second-order valence-corrected chi connectivity index (χ2v) is 4.23. The number of ketones is 1. The van der Waals surface area contributed by atoms with Crippen LogP contribution in [0, 0.1) is 0 Å². The van der Waals surface area contributed by atoms with E-state index in [4.69, 9.17) is 0 Å². The summed E-state index contributed by atoms with van der Waals surface area (Å²) in [5.74, 6) is 0.132. The summed E-state index contributed by atoms with van der Waals surface area (Å²) in [7, 11) is 0. The van der Waals surface area contributed by atoms with Gasteiger partial charge in [0.05, 0.1) is 24.3 Å². The highest BCUT2D eigenvalue weighted by atomic mass is 16.1. The largest absolute Gasteiger partial charge is 0.324 e. The van der Waals surface area contributed by atoms with Crippen molar-refractivity contribution in [1.29, 1.82) is 0 Å². The highest BCUT2D eigenvalue weighted by Crippen LogP contribution is 2.36. The van der Waals surface area contributed by atoms with Gasteiger partial charge in [-0.3, -0.25) is 4.79 Å². The van der Waals surface area contributed by atoms with Gasteiger partial charge in [0.2, 0.25) is 0 Å². The van der Waals surface area contributed by atoms with E-state index in [9.17, 15) is 4.79 Å². The van der Waals surface area contributed by atoms with E-state index in [0.29, 0.717) is 6.54 Å². The lowest BCUT2D eigenvalue weighted by Crippen LogP contribution is -2.28. The Morgan fingerprint density at radius 2 is 2.00 bits per heavy atom. The monoisotopic (exact) mass is 224 g/mol. The number of benzene rings is 2. The molecule has 1 aliphatic heterocycles. The summed E-state index contributed by atoms with van der Waals surface area (Å²) in [4.78, 5) is 17.5. The SMILES string of the molecule is CC(=O)CN1C=Nc2cccc3cccc1c23. The Morgan fingerprint density at radius 1 is 1.24 bits per heavy atom. The summed E-state index contributed by atoms with van der Waals surface area (Å²) < 4.78 is 0. The van der Waals surface area contributed by atoms with Crippen LogP contribution in [0.15, 0.2) is 41.4 Å². The second-order valence-electron chi connectivity index (χ2n) is 4.23. The van der Waals surface area contributed by atoms with Crippen LogP contribution in [0.5, 0.6) is 0 Å². The van der Waals surface area contributed by atoms with Gasteiger partial charge in [0, 0.05) is 5.39 Å². The van der Waals surface area contributed by atoms with Crippen LogP contribution in [-0.2, 0) is 4.79 Å². The number of hydrogen-bond donors (Lipinski definition) is 0. The maximum atomic E-state index is 11.2. The zero-order valence-electron chi connectivity index (χ0n) is 9.55. The third kappa shape index (κ3) is 1.60. The van der Waals surface area contributed by atoms with Crippen molar-refractivity contribution in [2.45, 2.75) is 6.92 Å². The van der Waals surface area contributed by atoms with Gasteiger partial charge in [-0.05, 0) is 24.4 Å². The molecular formula is C14H12N2O. The molecule has 0 saturated carbocycles. The Hall–Kier alpha value is -2.16. The van der Waals surface area contributed by atoms with Gasteiger partial charge in [0.25, 0.3) is 0 Å². The average molecular weight is 224 g/mol. The van der Waals surface area contributed by atoms with E-state index in [2.05, 4.69) is 17.1 Å². The fourth-order valence-electron chi connectivity index (χ4n) is 2.21. The molecule has 2 aromatic carbocycles. The number of aliphatic imine (C=N–C) groups is 1. The fraction of sp³-hybridized carbons (Fsp3) is 0.143. The normalized spacial score (nSPS) is 13.1. The predicted molar refractivity (Wildman–Crippen MR) is 70.1 cm³/mol. The van der Waals surface area contributed by atoms with Crippen LogP contribution in [0.2, 0.25) is 0 Å². The van der Waals surface area contributed by atoms with Crippen LogP contribution < -0.4 is 4.90 Å². The van der Waals surface area contributed by atoms with Gasteiger partial charge in [-0.1, -0.05) is 24.3 Å². The van der Waals surface area contributed by atoms with Crippen LogP contribution in [-0.4, -0.2) is 18.7 Å². The molecule has 84 valence electrons. The number of rotatable bonds is 2. The van der Waals surface area contributed by atoms with E-state index in [1.807, 2.05) is 29.2 Å². The summed E-state index contributed by atoms with van der Waals surface area (Å²) >= 11 is 0. The van der Waals surface area contributed by atoms with Crippen molar-refractivity contribution in [2.75, 3.05) is 11.4 Å².